The van der Waals surface area contributed by atoms with E-state index in [1.54, 1.807) is 5.56 Å². The van der Waals surface area contributed by atoms with E-state index >= 15 is 0 Å². The van der Waals surface area contributed by atoms with E-state index < -0.39 is 0 Å². The molecule has 116 valence electrons. The molecule has 2 atom stereocenters. The second-order valence-electron chi connectivity index (χ2n) is 7.94. The SMILES string of the molecule is C=C[C@]1(C(C)(C)C)CC[C@H]2c3[nH]c4ccccc4c3CCN21. The van der Waals surface area contributed by atoms with Crippen molar-refractivity contribution in [2.75, 3.05) is 6.54 Å². The van der Waals surface area contributed by atoms with Gasteiger partial charge in [0.15, 0.2) is 0 Å². The van der Waals surface area contributed by atoms with Crippen LogP contribution in [0.3, 0.4) is 0 Å². The van der Waals surface area contributed by atoms with Gasteiger partial charge in [0.2, 0.25) is 0 Å². The molecule has 1 fully saturated rings. The molecule has 1 N–H and O–H groups in total. The molecule has 0 spiro atoms. The number of hydrogen-bond donors (Lipinski definition) is 1. The van der Waals surface area contributed by atoms with Gasteiger partial charge in [0, 0.05) is 28.7 Å². The summed E-state index contributed by atoms with van der Waals surface area (Å²) in [5.41, 5.74) is 4.63. The number of H-pyrrole nitrogens is 1. The maximum Gasteiger partial charge on any atom is 0.0511 e. The number of aromatic amines is 1. The fraction of sp³-hybridized carbons (Fsp3) is 0.500. The van der Waals surface area contributed by atoms with Gasteiger partial charge in [0.1, 0.15) is 0 Å². The van der Waals surface area contributed by atoms with Crippen LogP contribution in [-0.2, 0) is 6.42 Å². The molecule has 0 radical (unpaired) electrons. The second kappa shape index (κ2) is 4.48. The molecule has 4 rings (SSSR count). The van der Waals surface area contributed by atoms with Crippen LogP contribution in [-0.4, -0.2) is 22.0 Å². The summed E-state index contributed by atoms with van der Waals surface area (Å²) in [6.45, 7) is 12.4. The minimum Gasteiger partial charge on any atom is -0.357 e. The predicted molar refractivity (Wildman–Crippen MR) is 93.1 cm³/mol. The van der Waals surface area contributed by atoms with E-state index in [2.05, 4.69) is 67.6 Å². The number of nitrogens with one attached hydrogen (secondary N) is 1. The zero-order chi connectivity index (χ0) is 15.5. The molecule has 2 aromatic rings. The molecule has 22 heavy (non-hydrogen) atoms. The first kappa shape index (κ1) is 14.1. The van der Waals surface area contributed by atoms with E-state index in [0.717, 1.165) is 13.0 Å². The van der Waals surface area contributed by atoms with Gasteiger partial charge in [-0.1, -0.05) is 45.0 Å². The molecule has 0 aliphatic carbocycles. The number of hydrogen-bond acceptors (Lipinski definition) is 1. The first-order valence-electron chi connectivity index (χ1n) is 8.48. The van der Waals surface area contributed by atoms with Crippen LogP contribution in [0.1, 0.15) is 50.9 Å². The summed E-state index contributed by atoms with van der Waals surface area (Å²) < 4.78 is 0. The van der Waals surface area contributed by atoms with E-state index in [4.69, 9.17) is 0 Å². The molecule has 2 nitrogen and oxygen atoms in total. The van der Waals surface area contributed by atoms with Crippen molar-refractivity contribution >= 4 is 10.9 Å². The van der Waals surface area contributed by atoms with Crippen molar-refractivity contribution < 1.29 is 0 Å². The Morgan fingerprint density at radius 1 is 1.32 bits per heavy atom. The van der Waals surface area contributed by atoms with Crippen molar-refractivity contribution in [3.05, 3.63) is 48.2 Å². The van der Waals surface area contributed by atoms with E-state index in [9.17, 15) is 0 Å². The molecular weight excluding hydrogens is 268 g/mol. The van der Waals surface area contributed by atoms with Gasteiger partial charge in [-0.25, -0.2) is 0 Å². The van der Waals surface area contributed by atoms with Gasteiger partial charge in [0.25, 0.3) is 0 Å². The molecule has 1 saturated heterocycles. The Kier molecular flexibility index (Phi) is 2.87. The minimum absolute atomic E-state index is 0.118. The van der Waals surface area contributed by atoms with Crippen molar-refractivity contribution in [2.24, 2.45) is 5.41 Å². The molecule has 2 aliphatic heterocycles. The highest BCUT2D eigenvalue weighted by Crippen LogP contribution is 2.54. The largest absolute Gasteiger partial charge is 0.357 e. The zero-order valence-electron chi connectivity index (χ0n) is 13.9. The fourth-order valence-electron chi connectivity index (χ4n) is 4.93. The van der Waals surface area contributed by atoms with Gasteiger partial charge >= 0.3 is 0 Å². The number of aromatic nitrogens is 1. The van der Waals surface area contributed by atoms with Crippen LogP contribution in [0.4, 0.5) is 0 Å². The van der Waals surface area contributed by atoms with E-state index in [0.29, 0.717) is 6.04 Å². The van der Waals surface area contributed by atoms with Gasteiger partial charge in [-0.05, 0) is 36.3 Å². The summed E-state index contributed by atoms with van der Waals surface area (Å²) in [5, 5.41) is 1.42. The molecule has 2 aliphatic rings. The van der Waals surface area contributed by atoms with Crippen LogP contribution in [0.15, 0.2) is 36.9 Å². The molecule has 1 aromatic carbocycles. The van der Waals surface area contributed by atoms with Crippen LogP contribution in [0.2, 0.25) is 0 Å². The molecule has 1 aromatic heterocycles. The van der Waals surface area contributed by atoms with E-state index in [1.807, 2.05) is 0 Å². The Morgan fingerprint density at radius 2 is 2.09 bits per heavy atom. The Bertz CT molecular complexity index is 734. The van der Waals surface area contributed by atoms with Crippen LogP contribution < -0.4 is 0 Å². The topological polar surface area (TPSA) is 19.0 Å². The summed E-state index contributed by atoms with van der Waals surface area (Å²) in [7, 11) is 0. The van der Waals surface area contributed by atoms with Crippen molar-refractivity contribution in [3.63, 3.8) is 0 Å². The number of fused-ring (bicyclic) bond motifs is 5. The lowest BCUT2D eigenvalue weighted by molar-refractivity contribution is 0.0390. The lowest BCUT2D eigenvalue weighted by atomic mass is 9.71. The van der Waals surface area contributed by atoms with Crippen LogP contribution in [0.5, 0.6) is 0 Å². The highest BCUT2D eigenvalue weighted by atomic mass is 15.3. The summed E-state index contributed by atoms with van der Waals surface area (Å²) >= 11 is 0. The Morgan fingerprint density at radius 3 is 2.82 bits per heavy atom. The third kappa shape index (κ3) is 1.65. The first-order valence-corrected chi connectivity index (χ1v) is 8.48. The lowest BCUT2D eigenvalue weighted by Gasteiger charge is -2.49. The normalized spacial score (nSPS) is 28.6. The van der Waals surface area contributed by atoms with Gasteiger partial charge in [-0.2, -0.15) is 0 Å². The van der Waals surface area contributed by atoms with Crippen molar-refractivity contribution in [1.82, 2.24) is 9.88 Å². The van der Waals surface area contributed by atoms with E-state index in [1.165, 1.54) is 29.4 Å². The minimum atomic E-state index is 0.118. The Hall–Kier alpha value is -1.54. The van der Waals surface area contributed by atoms with Crippen LogP contribution in [0.25, 0.3) is 10.9 Å². The van der Waals surface area contributed by atoms with Crippen molar-refractivity contribution in [1.29, 1.82) is 0 Å². The third-order valence-corrected chi connectivity index (χ3v) is 6.11. The summed E-state index contributed by atoms with van der Waals surface area (Å²) in [5.74, 6) is 0. The van der Waals surface area contributed by atoms with Gasteiger partial charge in [-0.3, -0.25) is 4.90 Å². The molecule has 0 amide bonds. The third-order valence-electron chi connectivity index (χ3n) is 6.11. The molecule has 0 unspecified atom stereocenters. The molecule has 0 saturated carbocycles. The first-order chi connectivity index (χ1) is 10.5. The van der Waals surface area contributed by atoms with Crippen molar-refractivity contribution in [2.45, 2.75) is 51.6 Å². The fourth-order valence-corrected chi connectivity index (χ4v) is 4.93. The molecule has 0 bridgehead atoms. The van der Waals surface area contributed by atoms with Gasteiger partial charge in [0.05, 0.1) is 6.04 Å². The van der Waals surface area contributed by atoms with Gasteiger partial charge < -0.3 is 4.98 Å². The average Bonchev–Trinajstić information content (AvgIpc) is 3.05. The predicted octanol–water partition coefficient (Wildman–Crippen LogP) is 4.83. The monoisotopic (exact) mass is 294 g/mol. The number of para-hydroxylation sites is 1. The lowest BCUT2D eigenvalue weighted by Crippen LogP contribution is -2.54. The van der Waals surface area contributed by atoms with Crippen LogP contribution in [0, 0.1) is 5.41 Å². The average molecular weight is 294 g/mol. The Labute approximate surface area is 133 Å². The number of nitrogens with zero attached hydrogens (tertiary/aromatic N) is 1. The van der Waals surface area contributed by atoms with Crippen LogP contribution >= 0.6 is 0 Å². The maximum absolute atomic E-state index is 4.22. The molecular formula is C20H26N2. The zero-order valence-corrected chi connectivity index (χ0v) is 13.9. The highest BCUT2D eigenvalue weighted by molar-refractivity contribution is 5.85. The standard InChI is InChI=1S/C20H26N2/c1-5-20(19(2,3)4)12-10-17-18-15(11-13-22(17)20)14-8-6-7-9-16(14)21-18/h5-9,17,21H,1,10-13H2,2-4H3/t17-,20+/m0/s1. The quantitative estimate of drug-likeness (QED) is 0.746. The summed E-state index contributed by atoms with van der Waals surface area (Å²) in [6, 6.07) is 9.27. The second-order valence-corrected chi connectivity index (χ2v) is 7.94. The Balaban J connectivity index is 1.84. The summed E-state index contributed by atoms with van der Waals surface area (Å²) in [6.07, 6.45) is 5.80. The molecule has 2 heteroatoms. The number of benzene rings is 1. The van der Waals surface area contributed by atoms with Gasteiger partial charge in [-0.15, -0.1) is 6.58 Å². The summed E-state index contributed by atoms with van der Waals surface area (Å²) in [4.78, 5) is 6.44. The number of rotatable bonds is 1. The van der Waals surface area contributed by atoms with E-state index in [-0.39, 0.29) is 11.0 Å². The maximum atomic E-state index is 4.22. The smallest absolute Gasteiger partial charge is 0.0511 e. The molecule has 3 heterocycles. The van der Waals surface area contributed by atoms with Crippen molar-refractivity contribution in [3.8, 4) is 0 Å². The highest BCUT2D eigenvalue weighted by Gasteiger charge is 2.53.